The summed E-state index contributed by atoms with van der Waals surface area (Å²) < 4.78 is 5.16. The van der Waals surface area contributed by atoms with Gasteiger partial charge in [-0.2, -0.15) is 0 Å². The molecule has 0 radical (unpaired) electrons. The van der Waals surface area contributed by atoms with E-state index in [9.17, 15) is 14.7 Å². The highest BCUT2D eigenvalue weighted by Crippen LogP contribution is 2.39. The number of rotatable bonds is 6. The van der Waals surface area contributed by atoms with E-state index in [0.717, 1.165) is 31.5 Å². The molecule has 1 atom stereocenters. The van der Waals surface area contributed by atoms with Crippen LogP contribution in [0.5, 0.6) is 5.75 Å². The molecule has 30 heavy (non-hydrogen) atoms. The maximum atomic E-state index is 13.0. The fraction of sp³-hybridized carbons (Fsp3) is 0.348. The van der Waals surface area contributed by atoms with Crippen molar-refractivity contribution in [2.75, 3.05) is 33.3 Å². The average molecular weight is 407 g/mol. The number of benzene rings is 1. The van der Waals surface area contributed by atoms with E-state index in [1.165, 1.54) is 0 Å². The van der Waals surface area contributed by atoms with Gasteiger partial charge in [0.15, 0.2) is 0 Å². The third-order valence-corrected chi connectivity index (χ3v) is 5.78. The summed E-state index contributed by atoms with van der Waals surface area (Å²) in [5.41, 5.74) is 1.32. The normalized spacial score (nSPS) is 21.4. The first kappa shape index (κ1) is 20.1. The van der Waals surface area contributed by atoms with Gasteiger partial charge in [0.05, 0.1) is 18.7 Å². The monoisotopic (exact) mass is 407 g/mol. The van der Waals surface area contributed by atoms with Crippen molar-refractivity contribution in [2.45, 2.75) is 18.9 Å². The molecule has 1 N–H and O–H groups in total. The number of Topliss-reactive ketones (excluding diaryl/α,β-unsaturated/α-hetero) is 1. The molecule has 2 saturated heterocycles. The Morgan fingerprint density at radius 1 is 1.07 bits per heavy atom. The molecule has 2 fully saturated rings. The third kappa shape index (κ3) is 3.80. The standard InChI is InChI=1S/C23H25N3O4/c1-30-18-6-4-17(5-7-18)21(27)19-20(16-8-10-24-11-9-16)26(23(29)22(19)28)15-14-25-12-2-3-13-25/h4-11,20,27H,2-3,12-15H2,1H3/b21-19+. The van der Waals surface area contributed by atoms with Gasteiger partial charge in [-0.25, -0.2) is 0 Å². The number of carbonyl (C=O) groups is 2. The van der Waals surface area contributed by atoms with Crippen LogP contribution in [0.2, 0.25) is 0 Å². The number of carbonyl (C=O) groups excluding carboxylic acids is 2. The number of aliphatic hydroxyl groups excluding tert-OH is 1. The van der Waals surface area contributed by atoms with E-state index in [1.807, 2.05) is 0 Å². The van der Waals surface area contributed by atoms with Crippen molar-refractivity contribution >= 4 is 17.4 Å². The number of hydrogen-bond acceptors (Lipinski definition) is 6. The van der Waals surface area contributed by atoms with Crippen LogP contribution in [0.1, 0.15) is 30.0 Å². The summed E-state index contributed by atoms with van der Waals surface area (Å²) in [5, 5.41) is 11.0. The Labute approximate surface area is 175 Å². The van der Waals surface area contributed by atoms with E-state index in [2.05, 4.69) is 9.88 Å². The minimum Gasteiger partial charge on any atom is -0.507 e. The lowest BCUT2D eigenvalue weighted by Crippen LogP contribution is -2.37. The summed E-state index contributed by atoms with van der Waals surface area (Å²) >= 11 is 0. The van der Waals surface area contributed by atoms with Crippen molar-refractivity contribution in [1.29, 1.82) is 0 Å². The number of ether oxygens (including phenoxy) is 1. The first-order valence-electron chi connectivity index (χ1n) is 10.2. The largest absolute Gasteiger partial charge is 0.507 e. The van der Waals surface area contributed by atoms with Crippen LogP contribution < -0.4 is 4.74 Å². The lowest BCUT2D eigenvalue weighted by Gasteiger charge is -2.27. The molecule has 1 aromatic carbocycles. The van der Waals surface area contributed by atoms with Gasteiger partial charge in [0.2, 0.25) is 0 Å². The molecule has 156 valence electrons. The average Bonchev–Trinajstić information content (AvgIpc) is 3.39. The van der Waals surface area contributed by atoms with Crippen LogP contribution in [0.25, 0.3) is 5.76 Å². The molecule has 2 aromatic rings. The number of ketones is 1. The van der Waals surface area contributed by atoms with Gasteiger partial charge in [-0.05, 0) is 67.9 Å². The molecule has 3 heterocycles. The number of aliphatic hydroxyl groups is 1. The van der Waals surface area contributed by atoms with E-state index in [1.54, 1.807) is 60.8 Å². The van der Waals surface area contributed by atoms with Crippen molar-refractivity contribution < 1.29 is 19.4 Å². The molecule has 0 aliphatic carbocycles. The zero-order valence-corrected chi connectivity index (χ0v) is 17.0. The van der Waals surface area contributed by atoms with Gasteiger partial charge in [-0.3, -0.25) is 14.6 Å². The molecule has 0 bridgehead atoms. The topological polar surface area (TPSA) is 83.0 Å². The fourth-order valence-electron chi connectivity index (χ4n) is 4.16. The maximum absolute atomic E-state index is 13.0. The predicted molar refractivity (Wildman–Crippen MR) is 112 cm³/mol. The molecule has 1 unspecified atom stereocenters. The zero-order chi connectivity index (χ0) is 21.1. The number of aromatic nitrogens is 1. The van der Waals surface area contributed by atoms with Crippen LogP contribution in [0, 0.1) is 0 Å². The van der Waals surface area contributed by atoms with Gasteiger partial charge in [0.1, 0.15) is 11.5 Å². The van der Waals surface area contributed by atoms with Crippen LogP contribution in [0.15, 0.2) is 54.4 Å². The Morgan fingerprint density at radius 3 is 2.37 bits per heavy atom. The molecule has 4 rings (SSSR count). The minimum atomic E-state index is -0.661. The second-order valence-electron chi connectivity index (χ2n) is 7.55. The summed E-state index contributed by atoms with van der Waals surface area (Å²) in [6.07, 6.45) is 5.57. The Kier molecular flexibility index (Phi) is 5.81. The highest BCUT2D eigenvalue weighted by Gasteiger charge is 2.46. The van der Waals surface area contributed by atoms with Gasteiger partial charge in [0.25, 0.3) is 11.7 Å². The molecule has 1 amide bonds. The summed E-state index contributed by atoms with van der Waals surface area (Å²) in [7, 11) is 1.56. The Balaban J connectivity index is 1.73. The van der Waals surface area contributed by atoms with Gasteiger partial charge in [0, 0.05) is 31.0 Å². The first-order chi connectivity index (χ1) is 14.6. The molecular formula is C23H25N3O4. The summed E-state index contributed by atoms with van der Waals surface area (Å²) in [4.78, 5) is 33.8. The van der Waals surface area contributed by atoms with E-state index in [-0.39, 0.29) is 11.3 Å². The molecule has 7 heteroatoms. The molecule has 2 aliphatic rings. The number of amides is 1. The van der Waals surface area contributed by atoms with E-state index in [0.29, 0.717) is 24.4 Å². The molecule has 2 aliphatic heterocycles. The quantitative estimate of drug-likeness (QED) is 0.450. The molecule has 0 spiro atoms. The molecule has 0 saturated carbocycles. The summed E-state index contributed by atoms with van der Waals surface area (Å²) in [5.74, 6) is -0.776. The fourth-order valence-corrected chi connectivity index (χ4v) is 4.16. The van der Waals surface area contributed by atoms with Crippen LogP contribution in [-0.2, 0) is 9.59 Å². The lowest BCUT2D eigenvalue weighted by molar-refractivity contribution is -0.140. The Hall–Kier alpha value is -3.19. The highest BCUT2D eigenvalue weighted by atomic mass is 16.5. The summed E-state index contributed by atoms with van der Waals surface area (Å²) in [6.45, 7) is 3.15. The van der Waals surface area contributed by atoms with Gasteiger partial charge in [-0.1, -0.05) is 0 Å². The number of pyridine rings is 1. The third-order valence-electron chi connectivity index (χ3n) is 5.78. The minimum absolute atomic E-state index is 0.109. The number of methoxy groups -OCH3 is 1. The van der Waals surface area contributed by atoms with Gasteiger partial charge < -0.3 is 19.6 Å². The predicted octanol–water partition coefficient (Wildman–Crippen LogP) is 2.61. The van der Waals surface area contributed by atoms with Crippen LogP contribution in [-0.4, -0.2) is 64.9 Å². The first-order valence-corrected chi connectivity index (χ1v) is 10.2. The Morgan fingerprint density at radius 2 is 1.73 bits per heavy atom. The molecule has 1 aromatic heterocycles. The van der Waals surface area contributed by atoms with E-state index in [4.69, 9.17) is 4.74 Å². The van der Waals surface area contributed by atoms with E-state index >= 15 is 0 Å². The number of hydrogen-bond donors (Lipinski definition) is 1. The van der Waals surface area contributed by atoms with Crippen LogP contribution >= 0.6 is 0 Å². The highest BCUT2D eigenvalue weighted by molar-refractivity contribution is 6.46. The molecule has 7 nitrogen and oxygen atoms in total. The van der Waals surface area contributed by atoms with Crippen molar-refractivity contribution in [1.82, 2.24) is 14.8 Å². The lowest BCUT2D eigenvalue weighted by atomic mass is 9.96. The number of likely N-dealkylation sites (tertiary alicyclic amines) is 2. The van der Waals surface area contributed by atoms with Crippen molar-refractivity contribution in [3.63, 3.8) is 0 Å². The maximum Gasteiger partial charge on any atom is 0.295 e. The summed E-state index contributed by atoms with van der Waals surface area (Å²) in [6, 6.07) is 9.68. The van der Waals surface area contributed by atoms with Gasteiger partial charge >= 0.3 is 0 Å². The molecular weight excluding hydrogens is 382 g/mol. The van der Waals surface area contributed by atoms with Crippen LogP contribution in [0.3, 0.4) is 0 Å². The smallest absolute Gasteiger partial charge is 0.295 e. The SMILES string of the molecule is COc1ccc(/C(O)=C2\C(=O)C(=O)N(CCN3CCCC3)C2c2ccncc2)cc1. The van der Waals surface area contributed by atoms with Crippen molar-refractivity contribution in [3.8, 4) is 5.75 Å². The van der Waals surface area contributed by atoms with Gasteiger partial charge in [-0.15, -0.1) is 0 Å². The van der Waals surface area contributed by atoms with Crippen LogP contribution in [0.4, 0.5) is 0 Å². The Bertz CT molecular complexity index is 950. The van der Waals surface area contributed by atoms with E-state index < -0.39 is 17.7 Å². The second kappa shape index (κ2) is 8.67. The zero-order valence-electron chi connectivity index (χ0n) is 17.0. The van der Waals surface area contributed by atoms with Crippen molar-refractivity contribution in [2.24, 2.45) is 0 Å². The van der Waals surface area contributed by atoms with Crippen molar-refractivity contribution in [3.05, 3.63) is 65.5 Å². The second-order valence-corrected chi connectivity index (χ2v) is 7.55. The number of nitrogens with zero attached hydrogens (tertiary/aromatic N) is 3.